The number of urea groups is 1. The second-order valence-corrected chi connectivity index (χ2v) is 9.26. The predicted octanol–water partition coefficient (Wildman–Crippen LogP) is 3.49. The number of aryl methyl sites for hydroxylation is 1. The molecule has 0 atom stereocenters. The number of anilines is 1. The van der Waals surface area contributed by atoms with Crippen molar-refractivity contribution in [1.82, 2.24) is 9.21 Å². The lowest BCUT2D eigenvalue weighted by atomic mass is 10.2. The van der Waals surface area contributed by atoms with Crippen LogP contribution in [0.1, 0.15) is 12.0 Å². The molecular formula is C19H21ClN4O5S. The lowest BCUT2D eigenvalue weighted by Crippen LogP contribution is -2.39. The smallest absolute Gasteiger partial charge is 0.321 e. The molecule has 9 nitrogen and oxygen atoms in total. The number of nitro benzene ring substituents is 1. The average molecular weight is 453 g/mol. The summed E-state index contributed by atoms with van der Waals surface area (Å²) in [5, 5.41) is 14.4. The molecule has 0 spiro atoms. The molecule has 1 fully saturated rings. The molecule has 1 saturated heterocycles. The van der Waals surface area contributed by atoms with Crippen molar-refractivity contribution >= 4 is 39.0 Å². The van der Waals surface area contributed by atoms with Crippen LogP contribution in [0.3, 0.4) is 0 Å². The van der Waals surface area contributed by atoms with Gasteiger partial charge in [0.25, 0.3) is 5.69 Å². The fourth-order valence-corrected chi connectivity index (χ4v) is 4.88. The van der Waals surface area contributed by atoms with E-state index in [-0.39, 0.29) is 36.2 Å². The number of nitrogens with one attached hydrogen (secondary N) is 1. The Morgan fingerprint density at radius 2 is 1.90 bits per heavy atom. The number of rotatable bonds is 4. The van der Waals surface area contributed by atoms with Gasteiger partial charge in [-0.05, 0) is 37.6 Å². The molecule has 0 aromatic heterocycles. The van der Waals surface area contributed by atoms with E-state index in [2.05, 4.69) is 5.32 Å². The number of hydrogen-bond donors (Lipinski definition) is 1. The Hall–Kier alpha value is -2.69. The Labute approximate surface area is 179 Å². The number of sulfonamides is 1. The van der Waals surface area contributed by atoms with E-state index in [9.17, 15) is 23.3 Å². The van der Waals surface area contributed by atoms with Gasteiger partial charge >= 0.3 is 6.03 Å². The molecule has 1 heterocycles. The highest BCUT2D eigenvalue weighted by Crippen LogP contribution is 2.25. The molecule has 2 amide bonds. The fraction of sp³-hybridized carbons (Fsp3) is 0.316. The van der Waals surface area contributed by atoms with Crippen LogP contribution >= 0.6 is 11.6 Å². The number of nitrogens with zero attached hydrogens (tertiary/aromatic N) is 3. The van der Waals surface area contributed by atoms with Crippen molar-refractivity contribution in [1.29, 1.82) is 0 Å². The average Bonchev–Trinajstić information content (AvgIpc) is 2.95. The van der Waals surface area contributed by atoms with E-state index in [0.29, 0.717) is 29.2 Å². The quantitative estimate of drug-likeness (QED) is 0.563. The number of nitro groups is 1. The van der Waals surface area contributed by atoms with Crippen LogP contribution in [-0.4, -0.2) is 54.8 Å². The van der Waals surface area contributed by atoms with E-state index in [4.69, 9.17) is 11.6 Å². The molecule has 1 aliphatic heterocycles. The van der Waals surface area contributed by atoms with Crippen LogP contribution in [0.25, 0.3) is 0 Å². The molecule has 2 aromatic rings. The Balaban J connectivity index is 1.72. The first kappa shape index (κ1) is 22.0. The highest BCUT2D eigenvalue weighted by molar-refractivity contribution is 7.89. The van der Waals surface area contributed by atoms with E-state index in [1.165, 1.54) is 21.3 Å². The van der Waals surface area contributed by atoms with Gasteiger partial charge in [-0.25, -0.2) is 13.2 Å². The fourth-order valence-electron chi connectivity index (χ4n) is 3.20. The largest absolute Gasteiger partial charge is 0.323 e. The second kappa shape index (κ2) is 8.99. The topological polar surface area (TPSA) is 113 Å². The first-order chi connectivity index (χ1) is 14.2. The van der Waals surface area contributed by atoms with Crippen molar-refractivity contribution in [3.05, 3.63) is 63.2 Å². The minimum absolute atomic E-state index is 0.0903. The summed E-state index contributed by atoms with van der Waals surface area (Å²) in [5.74, 6) is 0. The number of hydrogen-bond acceptors (Lipinski definition) is 5. The molecule has 0 unspecified atom stereocenters. The van der Waals surface area contributed by atoms with Gasteiger partial charge in [0.15, 0.2) is 0 Å². The standard InChI is InChI=1S/C19H21ClN4O5S/c1-14-6-7-17(13-18(14)24(26)27)30(28,29)23-9-3-8-22(10-11-23)19(25)21-16-5-2-4-15(20)12-16/h2,4-7,12-13H,3,8-11H2,1H3,(H,21,25). The lowest BCUT2D eigenvalue weighted by molar-refractivity contribution is -0.385. The zero-order chi connectivity index (χ0) is 21.9. The molecule has 0 aliphatic carbocycles. The van der Waals surface area contributed by atoms with E-state index < -0.39 is 14.9 Å². The second-order valence-electron chi connectivity index (χ2n) is 6.89. The van der Waals surface area contributed by atoms with Gasteiger partial charge < -0.3 is 10.2 Å². The number of amides is 2. The van der Waals surface area contributed by atoms with Crippen molar-refractivity contribution in [3.63, 3.8) is 0 Å². The molecular weight excluding hydrogens is 432 g/mol. The summed E-state index contributed by atoms with van der Waals surface area (Å²) in [6, 6.07) is 10.3. The summed E-state index contributed by atoms with van der Waals surface area (Å²) >= 11 is 5.93. The minimum atomic E-state index is -3.92. The molecule has 160 valence electrons. The maximum atomic E-state index is 13.0. The number of carbonyl (C=O) groups is 1. The van der Waals surface area contributed by atoms with E-state index in [1.807, 2.05) is 0 Å². The van der Waals surface area contributed by atoms with Gasteiger partial charge in [0.05, 0.1) is 9.82 Å². The van der Waals surface area contributed by atoms with Crippen LogP contribution in [-0.2, 0) is 10.0 Å². The summed E-state index contributed by atoms with van der Waals surface area (Å²) < 4.78 is 27.3. The molecule has 2 aromatic carbocycles. The highest BCUT2D eigenvalue weighted by Gasteiger charge is 2.29. The first-order valence-electron chi connectivity index (χ1n) is 9.25. The van der Waals surface area contributed by atoms with Crippen molar-refractivity contribution in [2.45, 2.75) is 18.2 Å². The maximum Gasteiger partial charge on any atom is 0.321 e. The van der Waals surface area contributed by atoms with Gasteiger partial charge in [-0.2, -0.15) is 4.31 Å². The molecule has 3 rings (SSSR count). The predicted molar refractivity (Wildman–Crippen MR) is 113 cm³/mol. The van der Waals surface area contributed by atoms with Gasteiger partial charge in [-0.3, -0.25) is 10.1 Å². The third kappa shape index (κ3) is 4.89. The van der Waals surface area contributed by atoms with Crippen LogP contribution < -0.4 is 5.32 Å². The minimum Gasteiger partial charge on any atom is -0.323 e. The molecule has 1 aliphatic rings. The van der Waals surface area contributed by atoms with Crippen LogP contribution in [0, 0.1) is 17.0 Å². The Bertz CT molecular complexity index is 1080. The molecule has 0 saturated carbocycles. The molecule has 1 N–H and O–H groups in total. The summed E-state index contributed by atoms with van der Waals surface area (Å²) in [4.78, 5) is 24.5. The molecule has 30 heavy (non-hydrogen) atoms. The first-order valence-corrected chi connectivity index (χ1v) is 11.1. The summed E-state index contributed by atoms with van der Waals surface area (Å²) in [6.45, 7) is 2.43. The van der Waals surface area contributed by atoms with Gasteiger partial charge in [-0.15, -0.1) is 0 Å². The van der Waals surface area contributed by atoms with E-state index >= 15 is 0 Å². The molecule has 0 bridgehead atoms. The van der Waals surface area contributed by atoms with Crippen molar-refractivity contribution < 1.29 is 18.1 Å². The van der Waals surface area contributed by atoms with Crippen molar-refractivity contribution in [2.75, 3.05) is 31.5 Å². The molecule has 0 radical (unpaired) electrons. The monoisotopic (exact) mass is 452 g/mol. The third-order valence-corrected chi connectivity index (χ3v) is 6.96. The van der Waals surface area contributed by atoms with E-state index in [1.54, 1.807) is 31.2 Å². The van der Waals surface area contributed by atoms with Crippen LogP contribution in [0.15, 0.2) is 47.4 Å². The molecule has 11 heteroatoms. The summed E-state index contributed by atoms with van der Waals surface area (Å²) in [5.41, 5.74) is 0.695. The lowest BCUT2D eigenvalue weighted by Gasteiger charge is -2.22. The van der Waals surface area contributed by atoms with E-state index in [0.717, 1.165) is 6.07 Å². The van der Waals surface area contributed by atoms with Gasteiger partial charge in [-0.1, -0.05) is 23.7 Å². The van der Waals surface area contributed by atoms with Gasteiger partial charge in [0, 0.05) is 48.5 Å². The zero-order valence-electron chi connectivity index (χ0n) is 16.2. The normalized spacial score (nSPS) is 15.5. The highest BCUT2D eigenvalue weighted by atomic mass is 35.5. The third-order valence-electron chi connectivity index (χ3n) is 4.83. The van der Waals surface area contributed by atoms with Gasteiger partial charge in [0.2, 0.25) is 10.0 Å². The van der Waals surface area contributed by atoms with Crippen LogP contribution in [0.5, 0.6) is 0 Å². The SMILES string of the molecule is Cc1ccc(S(=O)(=O)N2CCCN(C(=O)Nc3cccc(Cl)c3)CC2)cc1[N+](=O)[O-]. The van der Waals surface area contributed by atoms with Gasteiger partial charge in [0.1, 0.15) is 0 Å². The number of carbonyl (C=O) groups excluding carboxylic acids is 1. The maximum absolute atomic E-state index is 13.0. The Kier molecular flexibility index (Phi) is 6.59. The van der Waals surface area contributed by atoms with Crippen LogP contribution in [0.4, 0.5) is 16.2 Å². The Morgan fingerprint density at radius 3 is 2.60 bits per heavy atom. The van der Waals surface area contributed by atoms with Crippen molar-refractivity contribution in [2.24, 2.45) is 0 Å². The number of benzene rings is 2. The Morgan fingerprint density at radius 1 is 1.13 bits per heavy atom. The number of halogens is 1. The zero-order valence-corrected chi connectivity index (χ0v) is 17.8. The summed E-state index contributed by atoms with van der Waals surface area (Å²) in [7, 11) is -3.92. The van der Waals surface area contributed by atoms with Crippen molar-refractivity contribution in [3.8, 4) is 0 Å². The summed E-state index contributed by atoms with van der Waals surface area (Å²) in [6.07, 6.45) is 0.441. The van der Waals surface area contributed by atoms with Crippen LogP contribution in [0.2, 0.25) is 5.02 Å².